The standard InChI is InChI=1S/C18H15NO2/c19-11-12-1-3-13(4-2-12)14-5-6-16-10-17(18(20)21)8-7-15(16)9-14/h1-10H,11,19H2,(H,20,21). The Morgan fingerprint density at radius 3 is 2.14 bits per heavy atom. The van der Waals surface area contributed by atoms with Crippen molar-refractivity contribution in [2.24, 2.45) is 5.73 Å². The Morgan fingerprint density at radius 1 is 0.857 bits per heavy atom. The van der Waals surface area contributed by atoms with Gasteiger partial charge in [-0.25, -0.2) is 4.79 Å². The number of carboxylic acid groups (broad SMARTS) is 1. The molecule has 0 aliphatic heterocycles. The first kappa shape index (κ1) is 13.3. The average molecular weight is 277 g/mol. The summed E-state index contributed by atoms with van der Waals surface area (Å²) in [4.78, 5) is 11.0. The van der Waals surface area contributed by atoms with Crippen LogP contribution in [-0.2, 0) is 6.54 Å². The fourth-order valence-electron chi connectivity index (χ4n) is 2.39. The van der Waals surface area contributed by atoms with E-state index >= 15 is 0 Å². The van der Waals surface area contributed by atoms with Gasteiger partial charge in [0, 0.05) is 6.54 Å². The molecule has 0 aliphatic rings. The molecule has 3 N–H and O–H groups in total. The van der Waals surface area contributed by atoms with Gasteiger partial charge in [-0.3, -0.25) is 0 Å². The molecule has 3 rings (SSSR count). The lowest BCUT2D eigenvalue weighted by molar-refractivity contribution is 0.0697. The molecule has 0 atom stereocenters. The van der Waals surface area contributed by atoms with Crippen molar-refractivity contribution in [3.63, 3.8) is 0 Å². The molecule has 0 fully saturated rings. The smallest absolute Gasteiger partial charge is 0.335 e. The van der Waals surface area contributed by atoms with Crippen molar-refractivity contribution in [2.75, 3.05) is 0 Å². The zero-order valence-electron chi connectivity index (χ0n) is 11.4. The Balaban J connectivity index is 2.04. The van der Waals surface area contributed by atoms with Gasteiger partial charge >= 0.3 is 5.97 Å². The summed E-state index contributed by atoms with van der Waals surface area (Å²) in [6.07, 6.45) is 0. The van der Waals surface area contributed by atoms with Crippen LogP contribution >= 0.6 is 0 Å². The summed E-state index contributed by atoms with van der Waals surface area (Å²) < 4.78 is 0. The number of fused-ring (bicyclic) bond motifs is 1. The second-order valence-corrected chi connectivity index (χ2v) is 4.98. The molecular weight excluding hydrogens is 262 g/mol. The van der Waals surface area contributed by atoms with Gasteiger partial charge in [0.15, 0.2) is 0 Å². The maximum Gasteiger partial charge on any atom is 0.335 e. The fourth-order valence-corrected chi connectivity index (χ4v) is 2.39. The first-order valence-corrected chi connectivity index (χ1v) is 6.74. The highest BCUT2D eigenvalue weighted by molar-refractivity contribution is 5.95. The van der Waals surface area contributed by atoms with Gasteiger partial charge in [-0.15, -0.1) is 0 Å². The van der Waals surface area contributed by atoms with E-state index in [-0.39, 0.29) is 0 Å². The molecule has 0 aromatic heterocycles. The molecule has 0 amide bonds. The van der Waals surface area contributed by atoms with Crippen molar-refractivity contribution in [3.05, 3.63) is 71.8 Å². The van der Waals surface area contributed by atoms with Crippen molar-refractivity contribution >= 4 is 16.7 Å². The number of benzene rings is 3. The van der Waals surface area contributed by atoms with Crippen LogP contribution in [-0.4, -0.2) is 11.1 Å². The number of carbonyl (C=O) groups is 1. The SMILES string of the molecule is NCc1ccc(-c2ccc3cc(C(=O)O)ccc3c2)cc1. The Kier molecular flexibility index (Phi) is 3.42. The average Bonchev–Trinajstić information content (AvgIpc) is 2.54. The van der Waals surface area contributed by atoms with Crippen LogP contribution in [0, 0.1) is 0 Å². The van der Waals surface area contributed by atoms with E-state index in [0.717, 1.165) is 27.5 Å². The van der Waals surface area contributed by atoms with Crippen LogP contribution in [0.15, 0.2) is 60.7 Å². The number of nitrogens with two attached hydrogens (primary N) is 1. The minimum absolute atomic E-state index is 0.308. The summed E-state index contributed by atoms with van der Waals surface area (Å²) in [7, 11) is 0. The largest absolute Gasteiger partial charge is 0.478 e. The number of aromatic carboxylic acids is 1. The number of rotatable bonds is 3. The van der Waals surface area contributed by atoms with Crippen molar-refractivity contribution in [1.82, 2.24) is 0 Å². The summed E-state index contributed by atoms with van der Waals surface area (Å²) in [6, 6.07) is 19.3. The topological polar surface area (TPSA) is 63.3 Å². The summed E-state index contributed by atoms with van der Waals surface area (Å²) in [5.41, 5.74) is 9.24. The second-order valence-electron chi connectivity index (χ2n) is 4.98. The maximum atomic E-state index is 11.0. The lowest BCUT2D eigenvalue weighted by Gasteiger charge is -2.06. The normalized spacial score (nSPS) is 10.7. The van der Waals surface area contributed by atoms with Crippen LogP contribution in [0.3, 0.4) is 0 Å². The van der Waals surface area contributed by atoms with E-state index < -0.39 is 5.97 Å². The molecule has 0 aliphatic carbocycles. The predicted molar refractivity (Wildman–Crippen MR) is 84.2 cm³/mol. The van der Waals surface area contributed by atoms with E-state index in [1.807, 2.05) is 30.3 Å². The minimum atomic E-state index is -0.904. The molecule has 0 spiro atoms. The van der Waals surface area contributed by atoms with E-state index in [9.17, 15) is 4.79 Å². The third-order valence-electron chi connectivity index (χ3n) is 3.61. The molecule has 104 valence electrons. The first-order chi connectivity index (χ1) is 10.2. The second kappa shape index (κ2) is 5.38. The van der Waals surface area contributed by atoms with E-state index in [0.29, 0.717) is 12.1 Å². The highest BCUT2D eigenvalue weighted by atomic mass is 16.4. The Bertz CT molecular complexity index is 807. The monoisotopic (exact) mass is 277 g/mol. The molecule has 0 radical (unpaired) electrons. The van der Waals surface area contributed by atoms with Crippen molar-refractivity contribution in [2.45, 2.75) is 6.54 Å². The zero-order valence-corrected chi connectivity index (χ0v) is 11.4. The van der Waals surface area contributed by atoms with Gasteiger partial charge in [-0.05, 0) is 45.7 Å². The quantitative estimate of drug-likeness (QED) is 0.768. The minimum Gasteiger partial charge on any atom is -0.478 e. The van der Waals surface area contributed by atoms with Gasteiger partial charge in [-0.2, -0.15) is 0 Å². The van der Waals surface area contributed by atoms with Crippen LogP contribution < -0.4 is 5.73 Å². The fraction of sp³-hybridized carbons (Fsp3) is 0.0556. The maximum absolute atomic E-state index is 11.0. The molecule has 3 nitrogen and oxygen atoms in total. The molecule has 0 heterocycles. The lowest BCUT2D eigenvalue weighted by Crippen LogP contribution is -1.95. The Morgan fingerprint density at radius 2 is 1.48 bits per heavy atom. The Hall–Kier alpha value is -2.65. The number of hydrogen-bond acceptors (Lipinski definition) is 2. The highest BCUT2D eigenvalue weighted by Crippen LogP contribution is 2.25. The predicted octanol–water partition coefficient (Wildman–Crippen LogP) is 3.66. The van der Waals surface area contributed by atoms with Gasteiger partial charge in [0.25, 0.3) is 0 Å². The van der Waals surface area contributed by atoms with Gasteiger partial charge in [0.2, 0.25) is 0 Å². The van der Waals surface area contributed by atoms with Gasteiger partial charge < -0.3 is 10.8 Å². The summed E-state index contributed by atoms with van der Waals surface area (Å²) in [5, 5.41) is 11.0. The number of hydrogen-bond donors (Lipinski definition) is 2. The van der Waals surface area contributed by atoms with Gasteiger partial charge in [0.1, 0.15) is 0 Å². The van der Waals surface area contributed by atoms with E-state index in [1.165, 1.54) is 0 Å². The van der Waals surface area contributed by atoms with E-state index in [2.05, 4.69) is 18.2 Å². The van der Waals surface area contributed by atoms with Crippen LogP contribution in [0.2, 0.25) is 0 Å². The van der Waals surface area contributed by atoms with Gasteiger partial charge in [-0.1, -0.05) is 42.5 Å². The van der Waals surface area contributed by atoms with Gasteiger partial charge in [0.05, 0.1) is 5.56 Å². The molecule has 3 aromatic carbocycles. The van der Waals surface area contributed by atoms with Crippen molar-refractivity contribution in [1.29, 1.82) is 0 Å². The van der Waals surface area contributed by atoms with Crippen molar-refractivity contribution < 1.29 is 9.90 Å². The van der Waals surface area contributed by atoms with Crippen LogP contribution in [0.1, 0.15) is 15.9 Å². The number of carboxylic acids is 1. The molecule has 0 unspecified atom stereocenters. The molecule has 0 saturated heterocycles. The van der Waals surface area contributed by atoms with Crippen LogP contribution in [0.5, 0.6) is 0 Å². The summed E-state index contributed by atoms with van der Waals surface area (Å²) in [6.45, 7) is 0.538. The van der Waals surface area contributed by atoms with E-state index in [1.54, 1.807) is 12.1 Å². The summed E-state index contributed by atoms with van der Waals surface area (Å²) >= 11 is 0. The molecule has 0 saturated carbocycles. The molecule has 3 heteroatoms. The van der Waals surface area contributed by atoms with Crippen molar-refractivity contribution in [3.8, 4) is 11.1 Å². The zero-order chi connectivity index (χ0) is 14.8. The molecule has 0 bridgehead atoms. The van der Waals surface area contributed by atoms with Crippen LogP contribution in [0.4, 0.5) is 0 Å². The first-order valence-electron chi connectivity index (χ1n) is 6.74. The van der Waals surface area contributed by atoms with Crippen LogP contribution in [0.25, 0.3) is 21.9 Å². The lowest BCUT2D eigenvalue weighted by atomic mass is 9.99. The molecular formula is C18H15NO2. The third-order valence-corrected chi connectivity index (χ3v) is 3.61. The molecule has 3 aromatic rings. The summed E-state index contributed by atoms with van der Waals surface area (Å²) in [5.74, 6) is -0.904. The highest BCUT2D eigenvalue weighted by Gasteiger charge is 2.05. The third kappa shape index (κ3) is 2.64. The molecule has 21 heavy (non-hydrogen) atoms. The van der Waals surface area contributed by atoms with E-state index in [4.69, 9.17) is 10.8 Å². The Labute approximate surface area is 122 Å².